The van der Waals surface area contributed by atoms with Gasteiger partial charge in [-0.3, -0.25) is 9.78 Å². The lowest BCUT2D eigenvalue weighted by molar-refractivity contribution is 0.0984. The Kier molecular flexibility index (Phi) is 8.00. The van der Waals surface area contributed by atoms with Crippen LogP contribution in [0.4, 0.5) is 5.69 Å². The molecular weight excluding hydrogens is 522 g/mol. The molecule has 0 saturated carbocycles. The molecule has 40 heavy (non-hydrogen) atoms. The number of amides is 1. The number of anilines is 1. The molecule has 1 aromatic heterocycles. The molecule has 7 nitrogen and oxygen atoms in total. The number of nitrogens with zero attached hydrogens (tertiary/aromatic N) is 2. The van der Waals surface area contributed by atoms with Gasteiger partial charge in [-0.1, -0.05) is 31.2 Å². The van der Waals surface area contributed by atoms with Gasteiger partial charge in [-0.15, -0.1) is 0 Å². The van der Waals surface area contributed by atoms with Gasteiger partial charge in [-0.05, 0) is 104 Å². The van der Waals surface area contributed by atoms with Gasteiger partial charge in [-0.25, -0.2) is 13.1 Å². The van der Waals surface area contributed by atoms with Crippen molar-refractivity contribution in [1.29, 1.82) is 0 Å². The Morgan fingerprint density at radius 3 is 2.45 bits per heavy atom. The van der Waals surface area contributed by atoms with Crippen LogP contribution in [0.2, 0.25) is 0 Å². The second-order valence-electron chi connectivity index (χ2n) is 9.98. The number of sulfonamides is 1. The molecule has 206 valence electrons. The van der Waals surface area contributed by atoms with Crippen LogP contribution in [0.3, 0.4) is 0 Å². The monoisotopic (exact) mass is 555 g/mol. The molecule has 1 atom stereocenters. The SMILES string of the molecule is CCc1ccc(S(=O)(=O)NC2CCc3ccc(N(Cc4cccc(C)n4)C(=O)c4ccc(OC)cc4)cc32)cc1. The molecule has 1 amide bonds. The fourth-order valence-electron chi connectivity index (χ4n) is 5.06. The van der Waals surface area contributed by atoms with Crippen LogP contribution in [-0.4, -0.2) is 26.4 Å². The minimum atomic E-state index is -3.72. The van der Waals surface area contributed by atoms with Crippen LogP contribution < -0.4 is 14.4 Å². The molecule has 1 aliphatic carbocycles. The van der Waals surface area contributed by atoms with E-state index in [0.29, 0.717) is 23.4 Å². The van der Waals surface area contributed by atoms with E-state index in [-0.39, 0.29) is 23.4 Å². The van der Waals surface area contributed by atoms with Crippen LogP contribution in [0, 0.1) is 6.92 Å². The number of hydrogen-bond acceptors (Lipinski definition) is 5. The zero-order chi connectivity index (χ0) is 28.3. The van der Waals surface area contributed by atoms with E-state index < -0.39 is 10.0 Å². The summed E-state index contributed by atoms with van der Waals surface area (Å²) in [6.45, 7) is 4.22. The zero-order valence-corrected chi connectivity index (χ0v) is 23.7. The molecule has 4 aromatic rings. The summed E-state index contributed by atoms with van der Waals surface area (Å²) >= 11 is 0. The number of methoxy groups -OCH3 is 1. The van der Waals surface area contributed by atoms with E-state index in [9.17, 15) is 13.2 Å². The molecular formula is C32H33N3O4S. The molecule has 0 aliphatic heterocycles. The van der Waals surface area contributed by atoms with Crippen molar-refractivity contribution in [3.8, 4) is 5.75 Å². The molecule has 8 heteroatoms. The smallest absolute Gasteiger partial charge is 0.258 e. The number of benzene rings is 3. The summed E-state index contributed by atoms with van der Waals surface area (Å²) < 4.78 is 34.6. The van der Waals surface area contributed by atoms with Crippen molar-refractivity contribution < 1.29 is 17.9 Å². The van der Waals surface area contributed by atoms with Crippen LogP contribution in [0.1, 0.15) is 57.8 Å². The number of carbonyl (C=O) groups excluding carboxylic acids is 1. The predicted octanol–water partition coefficient (Wildman–Crippen LogP) is 5.77. The largest absolute Gasteiger partial charge is 0.497 e. The van der Waals surface area contributed by atoms with Crippen molar-refractivity contribution in [2.75, 3.05) is 12.0 Å². The third-order valence-electron chi connectivity index (χ3n) is 7.31. The highest BCUT2D eigenvalue weighted by Gasteiger charge is 2.29. The van der Waals surface area contributed by atoms with Gasteiger partial charge < -0.3 is 9.64 Å². The van der Waals surface area contributed by atoms with Gasteiger partial charge in [0.2, 0.25) is 10.0 Å². The molecule has 0 spiro atoms. The highest BCUT2D eigenvalue weighted by Crippen LogP contribution is 2.36. The normalized spacial score (nSPS) is 14.5. The summed E-state index contributed by atoms with van der Waals surface area (Å²) in [6, 6.07) is 25.2. The topological polar surface area (TPSA) is 88.6 Å². The van der Waals surface area contributed by atoms with E-state index in [1.165, 1.54) is 0 Å². The number of fused-ring (bicyclic) bond motifs is 1. The van der Waals surface area contributed by atoms with Gasteiger partial charge in [-0.2, -0.15) is 0 Å². The highest BCUT2D eigenvalue weighted by atomic mass is 32.2. The third kappa shape index (κ3) is 5.93. The van der Waals surface area contributed by atoms with Crippen LogP contribution in [0.15, 0.2) is 89.8 Å². The fourth-order valence-corrected chi connectivity index (χ4v) is 6.31. The molecule has 3 aromatic carbocycles. The molecule has 0 saturated heterocycles. The Balaban J connectivity index is 1.47. The van der Waals surface area contributed by atoms with Crippen molar-refractivity contribution in [2.45, 2.75) is 50.6 Å². The summed E-state index contributed by atoms with van der Waals surface area (Å²) in [5.74, 6) is 0.484. The summed E-state index contributed by atoms with van der Waals surface area (Å²) in [5.41, 5.74) is 5.86. The number of hydrogen-bond donors (Lipinski definition) is 1. The Labute approximate surface area is 235 Å². The first-order valence-corrected chi connectivity index (χ1v) is 14.9. The minimum absolute atomic E-state index is 0.183. The molecule has 0 fully saturated rings. The molecule has 1 unspecified atom stereocenters. The van der Waals surface area contributed by atoms with Crippen LogP contribution in [0.5, 0.6) is 5.75 Å². The van der Waals surface area contributed by atoms with E-state index in [2.05, 4.69) is 9.71 Å². The molecule has 1 N–H and O–H groups in total. The van der Waals surface area contributed by atoms with Crippen LogP contribution in [-0.2, 0) is 29.4 Å². The van der Waals surface area contributed by atoms with Gasteiger partial charge in [0.25, 0.3) is 5.91 Å². The standard InChI is InChI=1S/C32H33N3O4S/c1-4-23-8-17-29(18-9-23)40(37,38)34-31-19-13-24-10-14-27(20-30(24)31)35(21-26-7-5-6-22(2)33-26)32(36)25-11-15-28(39-3)16-12-25/h5-12,14-18,20,31,34H,4,13,19,21H2,1-3H3. The van der Waals surface area contributed by atoms with Gasteiger partial charge in [0, 0.05) is 23.0 Å². The first-order valence-electron chi connectivity index (χ1n) is 13.4. The highest BCUT2D eigenvalue weighted by molar-refractivity contribution is 7.89. The van der Waals surface area contributed by atoms with Crippen molar-refractivity contribution in [1.82, 2.24) is 9.71 Å². The van der Waals surface area contributed by atoms with E-state index in [1.807, 2.05) is 62.4 Å². The van der Waals surface area contributed by atoms with Crippen molar-refractivity contribution in [3.05, 3.63) is 119 Å². The Morgan fingerprint density at radius 1 is 1.02 bits per heavy atom. The molecule has 0 bridgehead atoms. The molecule has 1 aliphatic rings. The summed E-state index contributed by atoms with van der Waals surface area (Å²) in [7, 11) is -2.13. The van der Waals surface area contributed by atoms with E-state index in [0.717, 1.165) is 40.9 Å². The Bertz CT molecular complexity index is 1620. The maximum atomic E-state index is 13.8. The number of rotatable bonds is 9. The average molecular weight is 556 g/mol. The second kappa shape index (κ2) is 11.6. The maximum Gasteiger partial charge on any atom is 0.258 e. The lowest BCUT2D eigenvalue weighted by Gasteiger charge is -2.24. The summed E-state index contributed by atoms with van der Waals surface area (Å²) in [5, 5.41) is 0. The number of ether oxygens (including phenoxy) is 1. The summed E-state index contributed by atoms with van der Waals surface area (Å²) in [4.78, 5) is 20.4. The van der Waals surface area contributed by atoms with E-state index in [4.69, 9.17) is 4.74 Å². The first-order chi connectivity index (χ1) is 19.3. The Hall–Kier alpha value is -4.01. The minimum Gasteiger partial charge on any atom is -0.497 e. The second-order valence-corrected chi connectivity index (χ2v) is 11.7. The van der Waals surface area contributed by atoms with E-state index in [1.54, 1.807) is 48.4 Å². The lowest BCUT2D eigenvalue weighted by atomic mass is 10.1. The van der Waals surface area contributed by atoms with Gasteiger partial charge >= 0.3 is 0 Å². The van der Waals surface area contributed by atoms with Gasteiger partial charge in [0.1, 0.15) is 5.75 Å². The third-order valence-corrected chi connectivity index (χ3v) is 8.79. The molecule has 1 heterocycles. The van der Waals surface area contributed by atoms with Crippen molar-refractivity contribution >= 4 is 21.6 Å². The quantitative estimate of drug-likeness (QED) is 0.283. The van der Waals surface area contributed by atoms with Crippen molar-refractivity contribution in [3.63, 3.8) is 0 Å². The first kappa shape index (κ1) is 27.6. The van der Waals surface area contributed by atoms with Crippen LogP contribution >= 0.6 is 0 Å². The number of carbonyl (C=O) groups is 1. The van der Waals surface area contributed by atoms with Gasteiger partial charge in [0.15, 0.2) is 0 Å². The number of nitrogens with one attached hydrogen (secondary N) is 1. The number of aromatic nitrogens is 1. The fraction of sp³-hybridized carbons (Fsp3) is 0.250. The Morgan fingerprint density at radius 2 is 1.77 bits per heavy atom. The molecule has 5 rings (SSSR count). The predicted molar refractivity (Wildman–Crippen MR) is 156 cm³/mol. The zero-order valence-electron chi connectivity index (χ0n) is 22.9. The lowest BCUT2D eigenvalue weighted by Crippen LogP contribution is -2.31. The maximum absolute atomic E-state index is 13.8. The molecule has 0 radical (unpaired) electrons. The average Bonchev–Trinajstić information content (AvgIpc) is 3.36. The van der Waals surface area contributed by atoms with Crippen molar-refractivity contribution in [2.24, 2.45) is 0 Å². The number of pyridine rings is 1. The van der Waals surface area contributed by atoms with Crippen LogP contribution in [0.25, 0.3) is 0 Å². The van der Waals surface area contributed by atoms with Gasteiger partial charge in [0.05, 0.1) is 24.2 Å². The van der Waals surface area contributed by atoms with E-state index >= 15 is 0 Å². The number of aryl methyl sites for hydroxylation is 3. The summed E-state index contributed by atoms with van der Waals surface area (Å²) in [6.07, 6.45) is 2.25.